The first-order chi connectivity index (χ1) is 9.48. The Morgan fingerprint density at radius 2 is 2.00 bits per heavy atom. The summed E-state index contributed by atoms with van der Waals surface area (Å²) in [5.74, 6) is -2.18. The van der Waals surface area contributed by atoms with Gasteiger partial charge in [-0.25, -0.2) is 9.18 Å². The Morgan fingerprint density at radius 1 is 1.35 bits per heavy atom. The van der Waals surface area contributed by atoms with Crippen molar-refractivity contribution in [1.82, 2.24) is 5.32 Å². The molecular weight excluding hydrogens is 265 g/mol. The molecule has 0 saturated heterocycles. The Kier molecular flexibility index (Phi) is 3.92. The zero-order valence-corrected chi connectivity index (χ0v) is 11.1. The molecule has 6 heteroatoms. The van der Waals surface area contributed by atoms with Crippen molar-refractivity contribution in [2.24, 2.45) is 0 Å². The van der Waals surface area contributed by atoms with Gasteiger partial charge in [0.15, 0.2) is 11.6 Å². The van der Waals surface area contributed by atoms with E-state index in [2.05, 4.69) is 5.32 Å². The SMILES string of the molecule is COc1cc(C(=O)NC2(C(=O)O)CCCC2)ccc1F. The summed E-state index contributed by atoms with van der Waals surface area (Å²) in [7, 11) is 1.30. The lowest BCUT2D eigenvalue weighted by molar-refractivity contribution is -0.144. The van der Waals surface area contributed by atoms with Crippen molar-refractivity contribution in [2.75, 3.05) is 7.11 Å². The molecule has 0 radical (unpaired) electrons. The Balaban J connectivity index is 2.21. The largest absolute Gasteiger partial charge is 0.494 e. The van der Waals surface area contributed by atoms with Gasteiger partial charge in [0.05, 0.1) is 7.11 Å². The first-order valence-corrected chi connectivity index (χ1v) is 6.38. The van der Waals surface area contributed by atoms with Crippen LogP contribution in [0.5, 0.6) is 5.75 Å². The fraction of sp³-hybridized carbons (Fsp3) is 0.429. The molecule has 0 spiro atoms. The van der Waals surface area contributed by atoms with Gasteiger partial charge in [-0.1, -0.05) is 12.8 Å². The molecule has 0 bridgehead atoms. The molecular formula is C14H16FNO4. The maximum Gasteiger partial charge on any atom is 0.329 e. The van der Waals surface area contributed by atoms with Gasteiger partial charge in [0.1, 0.15) is 5.54 Å². The minimum atomic E-state index is -1.21. The Morgan fingerprint density at radius 3 is 2.55 bits per heavy atom. The third-order valence-corrected chi connectivity index (χ3v) is 3.63. The van der Waals surface area contributed by atoms with Crippen LogP contribution in [0.2, 0.25) is 0 Å². The number of carboxylic acid groups (broad SMARTS) is 1. The molecule has 20 heavy (non-hydrogen) atoms. The third kappa shape index (κ3) is 2.59. The number of rotatable bonds is 4. The highest BCUT2D eigenvalue weighted by atomic mass is 19.1. The summed E-state index contributed by atoms with van der Waals surface area (Å²) < 4.78 is 18.1. The Labute approximate surface area is 115 Å². The van der Waals surface area contributed by atoms with E-state index in [9.17, 15) is 19.1 Å². The van der Waals surface area contributed by atoms with Gasteiger partial charge < -0.3 is 15.2 Å². The second kappa shape index (κ2) is 5.48. The van der Waals surface area contributed by atoms with E-state index in [4.69, 9.17) is 4.74 Å². The standard InChI is InChI=1S/C14H16FNO4/c1-20-11-8-9(4-5-10(11)15)12(17)16-14(13(18)19)6-2-3-7-14/h4-5,8H,2-3,6-7H2,1H3,(H,16,17)(H,18,19). The van der Waals surface area contributed by atoms with E-state index in [0.717, 1.165) is 18.9 Å². The zero-order valence-electron chi connectivity index (χ0n) is 11.1. The highest BCUT2D eigenvalue weighted by Gasteiger charge is 2.42. The van der Waals surface area contributed by atoms with Crippen LogP contribution in [-0.2, 0) is 4.79 Å². The Hall–Kier alpha value is -2.11. The normalized spacial score (nSPS) is 16.7. The highest BCUT2D eigenvalue weighted by Crippen LogP contribution is 2.30. The Bertz CT molecular complexity index is 538. The molecule has 1 saturated carbocycles. The molecule has 2 rings (SSSR count). The van der Waals surface area contributed by atoms with Crippen LogP contribution in [0, 0.1) is 5.82 Å². The minimum Gasteiger partial charge on any atom is -0.494 e. The molecule has 1 aromatic rings. The first-order valence-electron chi connectivity index (χ1n) is 6.38. The van der Waals surface area contributed by atoms with Gasteiger partial charge in [0, 0.05) is 5.56 Å². The summed E-state index contributed by atoms with van der Waals surface area (Å²) in [6, 6.07) is 3.68. The van der Waals surface area contributed by atoms with E-state index in [1.165, 1.54) is 19.2 Å². The number of aliphatic carboxylic acids is 1. The van der Waals surface area contributed by atoms with Crippen molar-refractivity contribution in [1.29, 1.82) is 0 Å². The molecule has 0 aromatic heterocycles. The summed E-state index contributed by atoms with van der Waals surface area (Å²) >= 11 is 0. The maximum atomic E-state index is 13.3. The van der Waals surface area contributed by atoms with Crippen LogP contribution in [0.1, 0.15) is 36.0 Å². The second-order valence-electron chi connectivity index (χ2n) is 4.90. The lowest BCUT2D eigenvalue weighted by Gasteiger charge is -2.25. The molecule has 1 aliphatic rings. The van der Waals surface area contributed by atoms with Crippen LogP contribution >= 0.6 is 0 Å². The monoisotopic (exact) mass is 281 g/mol. The summed E-state index contributed by atoms with van der Waals surface area (Å²) in [4.78, 5) is 23.5. The number of carbonyl (C=O) groups excluding carboxylic acids is 1. The smallest absolute Gasteiger partial charge is 0.329 e. The van der Waals surface area contributed by atoms with Crippen molar-refractivity contribution >= 4 is 11.9 Å². The fourth-order valence-corrected chi connectivity index (χ4v) is 2.46. The molecule has 0 aliphatic heterocycles. The molecule has 2 N–H and O–H groups in total. The van der Waals surface area contributed by atoms with E-state index in [1.54, 1.807) is 0 Å². The lowest BCUT2D eigenvalue weighted by Crippen LogP contribution is -2.52. The van der Waals surface area contributed by atoms with Crippen LogP contribution in [0.15, 0.2) is 18.2 Å². The van der Waals surface area contributed by atoms with Crippen LogP contribution in [-0.4, -0.2) is 29.6 Å². The molecule has 1 fully saturated rings. The van der Waals surface area contributed by atoms with Gasteiger partial charge in [-0.15, -0.1) is 0 Å². The molecule has 0 unspecified atom stereocenters. The van der Waals surface area contributed by atoms with Crippen LogP contribution in [0.25, 0.3) is 0 Å². The second-order valence-corrected chi connectivity index (χ2v) is 4.90. The summed E-state index contributed by atoms with van der Waals surface area (Å²) in [6.07, 6.45) is 2.34. The average Bonchev–Trinajstić information content (AvgIpc) is 2.89. The van der Waals surface area contributed by atoms with Gasteiger partial charge in [-0.3, -0.25) is 4.79 Å². The number of hydrogen-bond donors (Lipinski definition) is 2. The van der Waals surface area contributed by atoms with E-state index >= 15 is 0 Å². The number of hydrogen-bond acceptors (Lipinski definition) is 3. The van der Waals surface area contributed by atoms with Gasteiger partial charge in [-0.2, -0.15) is 0 Å². The number of ether oxygens (including phenoxy) is 1. The molecule has 1 aliphatic carbocycles. The number of halogens is 1. The fourth-order valence-electron chi connectivity index (χ4n) is 2.46. The van der Waals surface area contributed by atoms with Gasteiger partial charge in [0.2, 0.25) is 0 Å². The number of benzene rings is 1. The summed E-state index contributed by atoms with van der Waals surface area (Å²) in [5.41, 5.74) is -1.03. The minimum absolute atomic E-state index is 0.0477. The lowest BCUT2D eigenvalue weighted by atomic mass is 9.97. The average molecular weight is 281 g/mol. The van der Waals surface area contributed by atoms with Crippen LogP contribution in [0.4, 0.5) is 4.39 Å². The van der Waals surface area contributed by atoms with Crippen LogP contribution in [0.3, 0.4) is 0 Å². The predicted octanol–water partition coefficient (Wildman–Crippen LogP) is 1.96. The quantitative estimate of drug-likeness (QED) is 0.884. The number of carboxylic acids is 1. The van der Waals surface area contributed by atoms with E-state index in [0.29, 0.717) is 12.8 Å². The van der Waals surface area contributed by atoms with E-state index < -0.39 is 23.2 Å². The molecule has 1 amide bonds. The van der Waals surface area contributed by atoms with Crippen molar-refractivity contribution in [3.8, 4) is 5.75 Å². The van der Waals surface area contributed by atoms with E-state index in [1.807, 2.05) is 0 Å². The number of methoxy groups -OCH3 is 1. The molecule has 5 nitrogen and oxygen atoms in total. The van der Waals surface area contributed by atoms with Crippen molar-refractivity contribution in [3.05, 3.63) is 29.6 Å². The van der Waals surface area contributed by atoms with E-state index in [-0.39, 0.29) is 11.3 Å². The molecule has 108 valence electrons. The molecule has 1 aromatic carbocycles. The molecule has 0 atom stereocenters. The summed E-state index contributed by atoms with van der Waals surface area (Å²) in [5, 5.41) is 11.9. The van der Waals surface area contributed by atoms with Crippen molar-refractivity contribution in [3.63, 3.8) is 0 Å². The first kappa shape index (κ1) is 14.3. The van der Waals surface area contributed by atoms with Gasteiger partial charge in [0.25, 0.3) is 5.91 Å². The predicted molar refractivity (Wildman–Crippen MR) is 69.3 cm³/mol. The maximum absolute atomic E-state index is 13.3. The number of nitrogens with one attached hydrogen (secondary N) is 1. The third-order valence-electron chi connectivity index (χ3n) is 3.63. The van der Waals surface area contributed by atoms with Crippen LogP contribution < -0.4 is 10.1 Å². The van der Waals surface area contributed by atoms with Gasteiger partial charge in [-0.05, 0) is 31.0 Å². The summed E-state index contributed by atoms with van der Waals surface area (Å²) in [6.45, 7) is 0. The number of amides is 1. The van der Waals surface area contributed by atoms with Gasteiger partial charge >= 0.3 is 5.97 Å². The zero-order chi connectivity index (χ0) is 14.8. The number of carbonyl (C=O) groups is 2. The molecule has 0 heterocycles. The highest BCUT2D eigenvalue weighted by molar-refractivity contribution is 5.98. The van der Waals surface area contributed by atoms with Crippen molar-refractivity contribution < 1.29 is 23.8 Å². The van der Waals surface area contributed by atoms with Crippen molar-refractivity contribution in [2.45, 2.75) is 31.2 Å². The topological polar surface area (TPSA) is 75.6 Å².